The molecule has 18 nitrogen and oxygen atoms in total. The summed E-state index contributed by atoms with van der Waals surface area (Å²) in [6.45, 7) is 55.8. The predicted octanol–water partition coefficient (Wildman–Crippen LogP) is 29.2. The monoisotopic (exact) mass is 1720 g/mol. The minimum absolute atomic E-state index is 0. The molecule has 0 atom stereocenters. The molecule has 0 fully saturated rings. The van der Waals surface area contributed by atoms with Crippen molar-refractivity contribution in [2.24, 2.45) is 0 Å². The molecule has 0 spiro atoms. The lowest BCUT2D eigenvalue weighted by Crippen LogP contribution is -2.11. The average Bonchev–Trinajstić information content (AvgIpc) is 1.35. The number of imidazole rings is 2. The van der Waals surface area contributed by atoms with Crippen LogP contribution in [0.1, 0.15) is 210 Å². The van der Waals surface area contributed by atoms with Crippen LogP contribution in [0.2, 0.25) is 10.0 Å². The summed E-state index contributed by atoms with van der Waals surface area (Å²) >= 11 is 12.6. The lowest BCUT2D eigenvalue weighted by molar-refractivity contribution is 0.473. The topological polar surface area (TPSA) is 176 Å². The van der Waals surface area contributed by atoms with E-state index in [4.69, 9.17) is 51.6 Å². The number of hydrogen-bond donors (Lipinski definition) is 0. The third-order valence-electron chi connectivity index (χ3n) is 20.7. The summed E-state index contributed by atoms with van der Waals surface area (Å²) in [6, 6.07) is 60.3. The first-order valence-electron chi connectivity index (χ1n) is 41.7. The van der Waals surface area contributed by atoms with E-state index in [1.54, 1.807) is 21.4 Å². The highest BCUT2D eigenvalue weighted by Gasteiger charge is 2.22. The molecule has 0 saturated carbocycles. The Morgan fingerprint density at radius 3 is 0.896 bits per heavy atom. The van der Waals surface area contributed by atoms with Crippen LogP contribution in [0.4, 0.5) is 0 Å². The maximum atomic E-state index is 6.36. The molecule has 652 valence electrons. The normalized spacial score (nSPS) is 11.6. The van der Waals surface area contributed by atoms with Crippen molar-refractivity contribution in [3.05, 3.63) is 333 Å². The third-order valence-corrected chi connectivity index (χ3v) is 21.3. The summed E-state index contributed by atoms with van der Waals surface area (Å²) in [5.41, 5.74) is 20.4. The van der Waals surface area contributed by atoms with E-state index in [1.165, 1.54) is 46.0 Å². The first-order chi connectivity index (χ1) is 58.3. The van der Waals surface area contributed by atoms with Crippen molar-refractivity contribution < 1.29 is 28.4 Å². The van der Waals surface area contributed by atoms with Gasteiger partial charge >= 0.3 is 0 Å². The Labute approximate surface area is 749 Å². The zero-order valence-electron chi connectivity index (χ0n) is 76.7. The Morgan fingerprint density at radius 2 is 0.552 bits per heavy atom. The van der Waals surface area contributed by atoms with Gasteiger partial charge in [0.15, 0.2) is 11.3 Å². The molecule has 0 radical (unpaired) electrons. The number of nitrogens with zero attached hydrogens (tertiary/aromatic N) is 12. The van der Waals surface area contributed by atoms with Crippen LogP contribution in [0.3, 0.4) is 0 Å². The molecule has 16 aromatic rings. The van der Waals surface area contributed by atoms with Gasteiger partial charge in [-0.3, -0.25) is 9.97 Å². The van der Waals surface area contributed by atoms with Crippen molar-refractivity contribution in [2.75, 3.05) is 0 Å². The molecule has 0 saturated heterocycles. The van der Waals surface area contributed by atoms with Gasteiger partial charge in [0.05, 0.1) is 28.6 Å². The Kier molecular flexibility index (Phi) is 30.1. The second-order valence-corrected chi connectivity index (χ2v) is 38.2. The molecule has 125 heavy (non-hydrogen) atoms. The largest absolute Gasteiger partial charge is 0.457 e. The minimum Gasteiger partial charge on any atom is -0.457 e. The maximum Gasteiger partial charge on any atom is 0.158 e. The van der Waals surface area contributed by atoms with Gasteiger partial charge in [0.25, 0.3) is 0 Å². The SMILES string of the molecule is C.Cc1cc(C(C)(C)C)ccc1Oc1ccc2ncnn2c1.Cc1cc(C(C)(C)C)ccc1Oc1ccn2c(C)cnc2c1.Cc1cc(C(C)(C)C)ccc1Oc1ccn2ncnc2c1.Cc1ccc(Oc2ccc(C(C)(C)C)cc2C)cn1.Cc1ccc(Oc2ccc(C(C)(C)C)cc2Cl)cn1.Cc1cnc2cc(Oc3ccc(C(C)(C)C)cc3Cl)ccn12. The number of halogens is 2. The zero-order chi connectivity index (χ0) is 90.0. The van der Waals surface area contributed by atoms with Crippen molar-refractivity contribution in [1.29, 1.82) is 0 Å². The molecule has 0 aliphatic rings. The summed E-state index contributed by atoms with van der Waals surface area (Å²) in [5, 5.41) is 9.42. The van der Waals surface area contributed by atoms with Gasteiger partial charge in [0, 0.05) is 72.0 Å². The number of pyridine rings is 6. The molecular weight excluding hydrogens is 1600 g/mol. The predicted molar refractivity (Wildman–Crippen MR) is 511 cm³/mol. The van der Waals surface area contributed by atoms with E-state index in [0.717, 1.165) is 119 Å². The molecule has 16 rings (SSSR count). The molecule has 0 bridgehead atoms. The van der Waals surface area contributed by atoms with E-state index in [9.17, 15) is 0 Å². The van der Waals surface area contributed by atoms with Crippen molar-refractivity contribution in [1.82, 2.24) is 57.9 Å². The quantitative estimate of drug-likeness (QED) is 0.113. The number of rotatable bonds is 12. The van der Waals surface area contributed by atoms with Crippen LogP contribution >= 0.6 is 23.2 Å². The number of aryl methyl sites for hydroxylation is 8. The summed E-state index contributed by atoms with van der Waals surface area (Å²) in [5.74, 6) is 9.33. The number of aromatic nitrogens is 12. The number of ether oxygens (including phenoxy) is 6. The van der Waals surface area contributed by atoms with Gasteiger partial charge in [-0.1, -0.05) is 216 Å². The lowest BCUT2D eigenvalue weighted by atomic mass is 9.86. The highest BCUT2D eigenvalue weighted by atomic mass is 35.5. The standard InChI is InChI=1S/C19H22N2O.C18H19ClN2O.2C17H19N3O.C17H21NO.C16H18ClNO.CH4/c1-13-10-15(19(3,4)5)6-7-17(13)22-16-8-9-21-14(2)12-20-18(21)11-16;1-12-11-20-17-10-14(7-8-21(12)17)22-16-6-5-13(9-15(16)19)18(2,3)4;1-12-9-13(17(2,3)4)5-7-15(12)21-14-6-8-16-18-11-19-20(16)10-14;1-12-9-13(17(2,3)4)5-6-15(12)21-14-7-8-20-16(10-14)18-11-19-20;1-12-10-14(17(3,4)5)7-9-16(12)19-15-8-6-13(2)18-11-15;1-11-5-7-13(10-18-11)19-15-8-6-12(9-14(15)17)16(2,3)4;/h6-12H,1-5H3;5-11H,1-4H3;2*5-11H,1-4H3;6-11H,1-5H3;5-10H,1-4H3;1H4. The molecule has 10 heterocycles. The fraction of sp³-hybridized carbons (Fsp3) is 0.314. The highest BCUT2D eigenvalue weighted by Crippen LogP contribution is 2.40. The van der Waals surface area contributed by atoms with E-state index in [-0.39, 0.29) is 39.9 Å². The van der Waals surface area contributed by atoms with Gasteiger partial charge < -0.3 is 37.2 Å². The van der Waals surface area contributed by atoms with Crippen molar-refractivity contribution in [3.63, 3.8) is 0 Å². The van der Waals surface area contributed by atoms with Gasteiger partial charge in [-0.05, 0) is 247 Å². The second-order valence-electron chi connectivity index (χ2n) is 37.4. The fourth-order valence-electron chi connectivity index (χ4n) is 12.8. The molecule has 20 heteroatoms. The second kappa shape index (κ2) is 39.6. The smallest absolute Gasteiger partial charge is 0.158 e. The van der Waals surface area contributed by atoms with Crippen LogP contribution in [-0.4, -0.2) is 57.9 Å². The van der Waals surface area contributed by atoms with Crippen LogP contribution in [-0.2, 0) is 32.5 Å². The third kappa shape index (κ3) is 25.9. The van der Waals surface area contributed by atoms with Crippen LogP contribution in [0.25, 0.3) is 22.6 Å². The average molecular weight is 1720 g/mol. The van der Waals surface area contributed by atoms with Gasteiger partial charge in [0.1, 0.15) is 92.9 Å². The van der Waals surface area contributed by atoms with Crippen LogP contribution < -0.4 is 28.4 Å². The van der Waals surface area contributed by atoms with E-state index in [1.807, 2.05) is 195 Å². The molecule has 0 aliphatic heterocycles. The number of fused-ring (bicyclic) bond motifs is 4. The lowest BCUT2D eigenvalue weighted by Gasteiger charge is -2.20. The number of benzene rings is 6. The molecular formula is C105H122Cl2N12O6. The fourth-order valence-corrected chi connectivity index (χ4v) is 13.3. The van der Waals surface area contributed by atoms with Crippen LogP contribution in [0, 0.1) is 55.4 Å². The summed E-state index contributed by atoms with van der Waals surface area (Å²) < 4.78 is 43.0. The van der Waals surface area contributed by atoms with Crippen molar-refractivity contribution in [3.8, 4) is 69.0 Å². The summed E-state index contributed by atoms with van der Waals surface area (Å²) in [4.78, 5) is 25.4. The van der Waals surface area contributed by atoms with E-state index in [0.29, 0.717) is 27.3 Å². The van der Waals surface area contributed by atoms with E-state index in [2.05, 4.69) is 253 Å². The first kappa shape index (κ1) is 94.9. The van der Waals surface area contributed by atoms with Crippen molar-refractivity contribution >= 4 is 45.8 Å². The van der Waals surface area contributed by atoms with Crippen LogP contribution in [0.15, 0.2) is 244 Å². The van der Waals surface area contributed by atoms with Gasteiger partial charge in [-0.25, -0.2) is 29.0 Å². The Bertz CT molecular complexity index is 5960. The summed E-state index contributed by atoms with van der Waals surface area (Å²) in [6.07, 6.45) is 17.8. The molecule has 0 unspecified atom stereocenters. The zero-order valence-corrected chi connectivity index (χ0v) is 78.2. The molecule has 6 aromatic carbocycles. The molecule has 0 N–H and O–H groups in total. The van der Waals surface area contributed by atoms with Gasteiger partial charge in [-0.15, -0.1) is 0 Å². The number of hydrogen-bond acceptors (Lipinski definition) is 14. The first-order valence-corrected chi connectivity index (χ1v) is 42.5. The molecule has 10 aromatic heterocycles. The highest BCUT2D eigenvalue weighted by molar-refractivity contribution is 6.32. The van der Waals surface area contributed by atoms with Crippen molar-refractivity contribution in [2.45, 2.75) is 220 Å². The Balaban J connectivity index is 0.000000157. The van der Waals surface area contributed by atoms with E-state index >= 15 is 0 Å². The Morgan fingerprint density at radius 1 is 0.256 bits per heavy atom. The van der Waals surface area contributed by atoms with E-state index < -0.39 is 0 Å². The maximum absolute atomic E-state index is 6.36. The van der Waals surface area contributed by atoms with Gasteiger partial charge in [-0.2, -0.15) is 10.2 Å². The minimum atomic E-state index is 0. The Hall–Kier alpha value is -12.4. The molecule has 0 aliphatic carbocycles. The molecule has 0 amide bonds. The van der Waals surface area contributed by atoms with Crippen LogP contribution in [0.5, 0.6) is 69.0 Å². The van der Waals surface area contributed by atoms with Gasteiger partial charge in [0.2, 0.25) is 0 Å². The summed E-state index contributed by atoms with van der Waals surface area (Å²) in [7, 11) is 0.